The Morgan fingerprint density at radius 1 is 1.10 bits per heavy atom. The standard InChI is InChI=1S/C24H28N2O3/c1-18-8-9-22-21(14-18)15-23(29-22)24(27)26(17-20-6-4-3-5-7-20)19(2)16-25-10-12-28-13-11-25/h3-9,14-15,19H,10-13,16-17H2,1-2H3. The zero-order valence-electron chi connectivity index (χ0n) is 17.1. The lowest BCUT2D eigenvalue weighted by Crippen LogP contribution is -2.47. The summed E-state index contributed by atoms with van der Waals surface area (Å²) in [5, 5.41) is 0.967. The topological polar surface area (TPSA) is 45.9 Å². The van der Waals surface area contributed by atoms with E-state index in [0.29, 0.717) is 12.3 Å². The van der Waals surface area contributed by atoms with Gasteiger partial charge in [-0.3, -0.25) is 9.69 Å². The van der Waals surface area contributed by atoms with Gasteiger partial charge in [-0.1, -0.05) is 42.0 Å². The van der Waals surface area contributed by atoms with Crippen LogP contribution in [0.1, 0.15) is 28.6 Å². The molecule has 1 aliphatic heterocycles. The first-order valence-corrected chi connectivity index (χ1v) is 10.3. The Bertz CT molecular complexity index is 961. The van der Waals surface area contributed by atoms with Crippen molar-refractivity contribution in [2.45, 2.75) is 26.4 Å². The van der Waals surface area contributed by atoms with Crippen molar-refractivity contribution in [2.75, 3.05) is 32.8 Å². The van der Waals surface area contributed by atoms with Crippen molar-refractivity contribution in [3.63, 3.8) is 0 Å². The highest BCUT2D eigenvalue weighted by Crippen LogP contribution is 2.23. The van der Waals surface area contributed by atoms with Crippen molar-refractivity contribution < 1.29 is 13.9 Å². The Hall–Kier alpha value is -2.63. The fraction of sp³-hybridized carbons (Fsp3) is 0.375. The van der Waals surface area contributed by atoms with Crippen molar-refractivity contribution >= 4 is 16.9 Å². The number of ether oxygens (including phenoxy) is 1. The molecule has 0 spiro atoms. The zero-order valence-corrected chi connectivity index (χ0v) is 17.1. The number of carbonyl (C=O) groups is 1. The van der Waals surface area contributed by atoms with Crippen LogP contribution >= 0.6 is 0 Å². The molecule has 0 saturated carbocycles. The summed E-state index contributed by atoms with van der Waals surface area (Å²) in [4.78, 5) is 17.8. The van der Waals surface area contributed by atoms with Gasteiger partial charge < -0.3 is 14.1 Å². The first kappa shape index (κ1) is 19.7. The number of rotatable bonds is 6. The highest BCUT2D eigenvalue weighted by Gasteiger charge is 2.26. The summed E-state index contributed by atoms with van der Waals surface area (Å²) in [5.74, 6) is 0.332. The molecule has 29 heavy (non-hydrogen) atoms. The lowest BCUT2D eigenvalue weighted by molar-refractivity contribution is 0.0222. The Morgan fingerprint density at radius 2 is 1.86 bits per heavy atom. The highest BCUT2D eigenvalue weighted by molar-refractivity contribution is 5.96. The van der Waals surface area contributed by atoms with Crippen LogP contribution < -0.4 is 0 Å². The van der Waals surface area contributed by atoms with Crippen LogP contribution in [0, 0.1) is 6.92 Å². The predicted octanol–water partition coefficient (Wildman–Crippen LogP) is 4.10. The molecule has 1 atom stereocenters. The van der Waals surface area contributed by atoms with Crippen molar-refractivity contribution in [1.82, 2.24) is 9.80 Å². The van der Waals surface area contributed by atoms with E-state index in [4.69, 9.17) is 9.15 Å². The summed E-state index contributed by atoms with van der Waals surface area (Å²) >= 11 is 0. The van der Waals surface area contributed by atoms with Gasteiger partial charge in [0.25, 0.3) is 5.91 Å². The van der Waals surface area contributed by atoms with Gasteiger partial charge in [-0.15, -0.1) is 0 Å². The van der Waals surface area contributed by atoms with E-state index in [1.54, 1.807) is 0 Å². The number of furan rings is 1. The van der Waals surface area contributed by atoms with Gasteiger partial charge in [0.05, 0.1) is 13.2 Å². The van der Waals surface area contributed by atoms with Crippen LogP contribution in [0.3, 0.4) is 0 Å². The first-order chi connectivity index (χ1) is 14.1. The molecule has 5 heteroatoms. The van der Waals surface area contributed by atoms with E-state index in [1.807, 2.05) is 54.3 Å². The SMILES string of the molecule is Cc1ccc2oc(C(=O)N(Cc3ccccc3)C(C)CN3CCOCC3)cc2c1. The number of hydrogen-bond donors (Lipinski definition) is 0. The minimum absolute atomic E-state index is 0.0516. The molecule has 1 saturated heterocycles. The number of nitrogens with zero attached hydrogens (tertiary/aromatic N) is 2. The van der Waals surface area contributed by atoms with Gasteiger partial charge in [0, 0.05) is 37.6 Å². The fourth-order valence-corrected chi connectivity index (χ4v) is 3.87. The molecule has 1 aliphatic rings. The number of carbonyl (C=O) groups excluding carboxylic acids is 1. The van der Waals surface area contributed by atoms with E-state index >= 15 is 0 Å². The van der Waals surface area contributed by atoms with E-state index < -0.39 is 0 Å². The molecule has 4 rings (SSSR count). The maximum atomic E-state index is 13.5. The van der Waals surface area contributed by atoms with Crippen molar-refractivity contribution in [3.8, 4) is 0 Å². The van der Waals surface area contributed by atoms with E-state index in [0.717, 1.165) is 54.9 Å². The van der Waals surface area contributed by atoms with Gasteiger partial charge >= 0.3 is 0 Å². The summed E-state index contributed by atoms with van der Waals surface area (Å²) in [6, 6.07) is 18.0. The predicted molar refractivity (Wildman–Crippen MR) is 114 cm³/mol. The van der Waals surface area contributed by atoms with Crippen LogP contribution in [0.15, 0.2) is 59.0 Å². The lowest BCUT2D eigenvalue weighted by Gasteiger charge is -2.34. The van der Waals surface area contributed by atoms with E-state index in [2.05, 4.69) is 24.0 Å². The summed E-state index contributed by atoms with van der Waals surface area (Å²) in [5.41, 5.74) is 3.01. The molecular formula is C24H28N2O3. The van der Waals surface area contributed by atoms with E-state index in [1.165, 1.54) is 0 Å². The molecule has 3 aromatic rings. The van der Waals surface area contributed by atoms with Crippen molar-refractivity contribution in [1.29, 1.82) is 0 Å². The molecule has 0 aliphatic carbocycles. The molecule has 2 heterocycles. The van der Waals surface area contributed by atoms with E-state index in [9.17, 15) is 4.79 Å². The molecule has 1 unspecified atom stereocenters. The maximum Gasteiger partial charge on any atom is 0.290 e. The van der Waals surface area contributed by atoms with Crippen LogP contribution in [-0.2, 0) is 11.3 Å². The number of aryl methyl sites for hydroxylation is 1. The van der Waals surface area contributed by atoms with Crippen LogP contribution in [-0.4, -0.2) is 54.6 Å². The summed E-state index contributed by atoms with van der Waals surface area (Å²) in [6.45, 7) is 8.85. The van der Waals surface area contributed by atoms with Gasteiger partial charge in [-0.05, 0) is 37.6 Å². The number of benzene rings is 2. The molecular weight excluding hydrogens is 364 g/mol. The van der Waals surface area contributed by atoms with Crippen LogP contribution in [0.25, 0.3) is 11.0 Å². The molecule has 1 fully saturated rings. The number of fused-ring (bicyclic) bond motifs is 1. The molecule has 5 nitrogen and oxygen atoms in total. The Balaban J connectivity index is 1.59. The second-order valence-corrected chi connectivity index (χ2v) is 7.83. The largest absolute Gasteiger partial charge is 0.451 e. The molecule has 0 N–H and O–H groups in total. The first-order valence-electron chi connectivity index (χ1n) is 10.3. The van der Waals surface area contributed by atoms with Gasteiger partial charge in [0.2, 0.25) is 0 Å². The van der Waals surface area contributed by atoms with Gasteiger partial charge in [-0.25, -0.2) is 0 Å². The Morgan fingerprint density at radius 3 is 2.62 bits per heavy atom. The third-order valence-electron chi connectivity index (χ3n) is 5.50. The molecule has 152 valence electrons. The third-order valence-corrected chi connectivity index (χ3v) is 5.50. The average molecular weight is 392 g/mol. The van der Waals surface area contributed by atoms with Gasteiger partial charge in [0.1, 0.15) is 5.58 Å². The van der Waals surface area contributed by atoms with Crippen molar-refractivity contribution in [2.24, 2.45) is 0 Å². The second-order valence-electron chi connectivity index (χ2n) is 7.83. The summed E-state index contributed by atoms with van der Waals surface area (Å²) < 4.78 is 11.4. The smallest absolute Gasteiger partial charge is 0.290 e. The number of amides is 1. The second kappa shape index (κ2) is 8.80. The van der Waals surface area contributed by atoms with Crippen LogP contribution in [0.5, 0.6) is 0 Å². The average Bonchev–Trinajstić information content (AvgIpc) is 3.16. The fourth-order valence-electron chi connectivity index (χ4n) is 3.87. The zero-order chi connectivity index (χ0) is 20.2. The quantitative estimate of drug-likeness (QED) is 0.634. The van der Waals surface area contributed by atoms with Gasteiger partial charge in [-0.2, -0.15) is 0 Å². The van der Waals surface area contributed by atoms with Crippen LogP contribution in [0.4, 0.5) is 0 Å². The molecule has 1 aromatic heterocycles. The maximum absolute atomic E-state index is 13.5. The molecule has 0 bridgehead atoms. The molecule has 1 amide bonds. The van der Waals surface area contributed by atoms with Gasteiger partial charge in [0.15, 0.2) is 5.76 Å². The Kier molecular flexibility index (Phi) is 5.97. The summed E-state index contributed by atoms with van der Waals surface area (Å²) in [6.07, 6.45) is 0. The van der Waals surface area contributed by atoms with E-state index in [-0.39, 0.29) is 11.9 Å². The molecule has 2 aromatic carbocycles. The summed E-state index contributed by atoms with van der Waals surface area (Å²) in [7, 11) is 0. The molecule has 0 radical (unpaired) electrons. The minimum atomic E-state index is -0.0662. The van der Waals surface area contributed by atoms with Crippen LogP contribution in [0.2, 0.25) is 0 Å². The minimum Gasteiger partial charge on any atom is -0.451 e. The Labute approximate surface area is 171 Å². The number of morpholine rings is 1. The van der Waals surface area contributed by atoms with Crippen molar-refractivity contribution in [3.05, 3.63) is 71.5 Å². The number of hydrogen-bond acceptors (Lipinski definition) is 4. The highest BCUT2D eigenvalue weighted by atomic mass is 16.5. The lowest BCUT2D eigenvalue weighted by atomic mass is 10.1. The monoisotopic (exact) mass is 392 g/mol. The normalized spacial score (nSPS) is 16.1. The third kappa shape index (κ3) is 4.69.